The van der Waals surface area contributed by atoms with Crippen LogP contribution >= 0.6 is 0 Å². The van der Waals surface area contributed by atoms with Gasteiger partial charge in [0.25, 0.3) is 0 Å². The van der Waals surface area contributed by atoms with Crippen LogP contribution < -0.4 is 0 Å². The number of carboxylic acid groups (broad SMARTS) is 1. The zero-order chi connectivity index (χ0) is 12.9. The Hall–Kier alpha value is -1.26. The molecule has 0 aromatic carbocycles. The lowest BCUT2D eigenvalue weighted by atomic mass is 10.1. The van der Waals surface area contributed by atoms with E-state index in [0.29, 0.717) is 13.0 Å². The lowest BCUT2D eigenvalue weighted by Crippen LogP contribution is -2.35. The van der Waals surface area contributed by atoms with Crippen LogP contribution in [-0.2, 0) is 9.53 Å². The molecule has 16 heavy (non-hydrogen) atoms. The molecule has 0 unspecified atom stereocenters. The minimum atomic E-state index is -0.849. The fourth-order valence-electron chi connectivity index (χ4n) is 0.942. The van der Waals surface area contributed by atoms with E-state index in [1.54, 1.807) is 34.7 Å². The molecule has 0 saturated heterocycles. The maximum absolute atomic E-state index is 11.5. The molecule has 0 aliphatic carbocycles. The first-order chi connectivity index (χ1) is 7.13. The molecule has 0 aliphatic heterocycles. The Kier molecular flexibility index (Phi) is 5.27. The van der Waals surface area contributed by atoms with E-state index in [4.69, 9.17) is 9.84 Å². The van der Waals surface area contributed by atoms with Crippen molar-refractivity contribution in [2.24, 2.45) is 5.92 Å². The average Bonchev–Trinajstić information content (AvgIpc) is 2.10. The van der Waals surface area contributed by atoms with Crippen LogP contribution in [0.4, 0.5) is 4.79 Å². The standard InChI is InChI=1S/C11H21NO4/c1-8(9(13)14)6-7-12(5)10(15)16-11(2,3)4/h8H,6-7H2,1-5H3,(H,13,14)/t8-/m0/s1. The first-order valence-electron chi connectivity index (χ1n) is 5.30. The van der Waals surface area contributed by atoms with Gasteiger partial charge in [0.2, 0.25) is 0 Å². The van der Waals surface area contributed by atoms with E-state index in [0.717, 1.165) is 0 Å². The van der Waals surface area contributed by atoms with Crippen molar-refractivity contribution in [1.82, 2.24) is 4.90 Å². The Morgan fingerprint density at radius 3 is 2.25 bits per heavy atom. The molecule has 1 amide bonds. The summed E-state index contributed by atoms with van der Waals surface area (Å²) in [5.74, 6) is -1.30. The number of ether oxygens (including phenoxy) is 1. The second-order valence-corrected chi connectivity index (χ2v) is 4.93. The molecule has 0 spiro atoms. The molecular formula is C11H21NO4. The van der Waals surface area contributed by atoms with Crippen LogP contribution in [0.2, 0.25) is 0 Å². The molecule has 0 bridgehead atoms. The fourth-order valence-corrected chi connectivity index (χ4v) is 0.942. The van der Waals surface area contributed by atoms with Crippen LogP contribution in [0.15, 0.2) is 0 Å². The lowest BCUT2D eigenvalue weighted by molar-refractivity contribution is -0.141. The zero-order valence-electron chi connectivity index (χ0n) is 10.6. The zero-order valence-corrected chi connectivity index (χ0v) is 10.6. The summed E-state index contributed by atoms with van der Waals surface area (Å²) < 4.78 is 5.13. The Balaban J connectivity index is 4.02. The predicted octanol–water partition coefficient (Wildman–Crippen LogP) is 1.96. The SMILES string of the molecule is C[C@@H](CCN(C)C(=O)OC(C)(C)C)C(=O)O. The lowest BCUT2D eigenvalue weighted by Gasteiger charge is -2.25. The third-order valence-electron chi connectivity index (χ3n) is 2.02. The van der Waals surface area contributed by atoms with Crippen LogP contribution in [0.25, 0.3) is 0 Å². The molecule has 5 heteroatoms. The molecule has 0 aliphatic rings. The average molecular weight is 231 g/mol. The van der Waals surface area contributed by atoms with Crippen molar-refractivity contribution >= 4 is 12.1 Å². The van der Waals surface area contributed by atoms with E-state index in [2.05, 4.69) is 0 Å². The minimum Gasteiger partial charge on any atom is -0.481 e. The smallest absolute Gasteiger partial charge is 0.410 e. The summed E-state index contributed by atoms with van der Waals surface area (Å²) in [6.07, 6.45) is -0.00414. The van der Waals surface area contributed by atoms with Crippen LogP contribution in [0.3, 0.4) is 0 Å². The number of hydrogen-bond acceptors (Lipinski definition) is 3. The van der Waals surface area contributed by atoms with Gasteiger partial charge in [-0.1, -0.05) is 6.92 Å². The maximum Gasteiger partial charge on any atom is 0.410 e. The minimum absolute atomic E-state index is 0.377. The number of hydrogen-bond donors (Lipinski definition) is 1. The molecule has 0 radical (unpaired) electrons. The molecule has 0 aromatic rings. The monoisotopic (exact) mass is 231 g/mol. The van der Waals surface area contributed by atoms with Gasteiger partial charge in [0.05, 0.1) is 5.92 Å². The van der Waals surface area contributed by atoms with Gasteiger partial charge < -0.3 is 14.7 Å². The molecule has 1 atom stereocenters. The number of nitrogens with zero attached hydrogens (tertiary/aromatic N) is 1. The Labute approximate surface area is 96.4 Å². The van der Waals surface area contributed by atoms with Crippen molar-refractivity contribution in [1.29, 1.82) is 0 Å². The van der Waals surface area contributed by atoms with Crippen molar-refractivity contribution in [3.8, 4) is 0 Å². The van der Waals surface area contributed by atoms with Gasteiger partial charge in [-0.05, 0) is 27.2 Å². The second-order valence-electron chi connectivity index (χ2n) is 4.93. The van der Waals surface area contributed by atoms with Crippen LogP contribution in [-0.4, -0.2) is 41.3 Å². The molecular weight excluding hydrogens is 210 g/mol. The van der Waals surface area contributed by atoms with Gasteiger partial charge in [0.1, 0.15) is 5.60 Å². The Bertz CT molecular complexity index is 257. The highest BCUT2D eigenvalue weighted by atomic mass is 16.6. The van der Waals surface area contributed by atoms with E-state index >= 15 is 0 Å². The van der Waals surface area contributed by atoms with Crippen molar-refractivity contribution in [3.63, 3.8) is 0 Å². The molecule has 1 N–H and O–H groups in total. The molecule has 0 aromatic heterocycles. The Morgan fingerprint density at radius 2 is 1.88 bits per heavy atom. The molecule has 0 heterocycles. The van der Waals surface area contributed by atoms with Crippen molar-refractivity contribution in [2.45, 2.75) is 39.7 Å². The number of carboxylic acids is 1. The third kappa shape index (κ3) is 6.27. The van der Waals surface area contributed by atoms with Gasteiger partial charge in [-0.2, -0.15) is 0 Å². The predicted molar refractivity (Wildman–Crippen MR) is 60.3 cm³/mol. The summed E-state index contributed by atoms with van der Waals surface area (Å²) in [6, 6.07) is 0. The van der Waals surface area contributed by atoms with Crippen LogP contribution in [0.1, 0.15) is 34.1 Å². The van der Waals surface area contributed by atoms with E-state index in [9.17, 15) is 9.59 Å². The van der Waals surface area contributed by atoms with E-state index < -0.39 is 23.6 Å². The van der Waals surface area contributed by atoms with Gasteiger partial charge in [-0.3, -0.25) is 4.79 Å². The van der Waals surface area contributed by atoms with Gasteiger partial charge in [0.15, 0.2) is 0 Å². The van der Waals surface area contributed by atoms with Gasteiger partial charge in [-0.25, -0.2) is 4.79 Å². The number of carbonyl (C=O) groups excluding carboxylic acids is 1. The normalized spacial score (nSPS) is 13.1. The first-order valence-corrected chi connectivity index (χ1v) is 5.30. The van der Waals surface area contributed by atoms with Gasteiger partial charge in [0, 0.05) is 13.6 Å². The highest BCUT2D eigenvalue weighted by molar-refractivity contribution is 5.70. The number of rotatable bonds is 4. The summed E-state index contributed by atoms with van der Waals surface area (Å²) in [5.41, 5.74) is -0.524. The highest BCUT2D eigenvalue weighted by Crippen LogP contribution is 2.10. The fraction of sp³-hybridized carbons (Fsp3) is 0.818. The van der Waals surface area contributed by atoms with Crippen LogP contribution in [0, 0.1) is 5.92 Å². The molecule has 94 valence electrons. The number of amides is 1. The van der Waals surface area contributed by atoms with E-state index in [-0.39, 0.29) is 0 Å². The summed E-state index contributed by atoms with van der Waals surface area (Å²) in [7, 11) is 1.60. The topological polar surface area (TPSA) is 66.8 Å². The highest BCUT2D eigenvalue weighted by Gasteiger charge is 2.20. The Morgan fingerprint density at radius 1 is 1.38 bits per heavy atom. The number of aliphatic carboxylic acids is 1. The van der Waals surface area contributed by atoms with Crippen molar-refractivity contribution in [2.75, 3.05) is 13.6 Å². The quantitative estimate of drug-likeness (QED) is 0.803. The van der Waals surface area contributed by atoms with E-state index in [1.807, 2.05) is 0 Å². The van der Waals surface area contributed by atoms with Crippen molar-refractivity contribution < 1.29 is 19.4 Å². The first kappa shape index (κ1) is 14.7. The van der Waals surface area contributed by atoms with Crippen LogP contribution in [0.5, 0.6) is 0 Å². The molecule has 0 fully saturated rings. The largest absolute Gasteiger partial charge is 0.481 e. The molecule has 5 nitrogen and oxygen atoms in total. The number of carbonyl (C=O) groups is 2. The summed E-state index contributed by atoms with van der Waals surface area (Å²) >= 11 is 0. The van der Waals surface area contributed by atoms with E-state index in [1.165, 1.54) is 4.90 Å². The summed E-state index contributed by atoms with van der Waals surface area (Å²) in [6.45, 7) is 7.36. The van der Waals surface area contributed by atoms with Crippen molar-refractivity contribution in [3.05, 3.63) is 0 Å². The molecule has 0 saturated carbocycles. The maximum atomic E-state index is 11.5. The van der Waals surface area contributed by atoms with Gasteiger partial charge in [-0.15, -0.1) is 0 Å². The second kappa shape index (κ2) is 5.72. The molecule has 0 rings (SSSR count). The van der Waals surface area contributed by atoms with Gasteiger partial charge >= 0.3 is 12.1 Å². The third-order valence-corrected chi connectivity index (χ3v) is 2.02. The summed E-state index contributed by atoms with van der Waals surface area (Å²) in [4.78, 5) is 23.5. The summed E-state index contributed by atoms with van der Waals surface area (Å²) in [5, 5.41) is 8.69.